The number of carbonyl (C=O) groups excluding carboxylic acids is 2. The molecule has 0 aromatic heterocycles. The molecule has 0 saturated carbocycles. The molecule has 4 heteroatoms. The molecule has 0 N–H and O–H groups in total. The fourth-order valence-electron chi connectivity index (χ4n) is 3.49. The number of hydrogen-bond donors (Lipinski definition) is 0. The number of fused-ring (bicyclic) bond motifs is 1. The van der Waals surface area contributed by atoms with Crippen molar-refractivity contribution in [2.45, 2.75) is 65.2 Å². The maximum Gasteiger partial charge on any atom is 0.190 e. The molecule has 2 rings (SSSR count). The Bertz CT molecular complexity index is 700. The Morgan fingerprint density at radius 2 is 1.27 bits per heavy atom. The standard InChI is InChI=1S/C22H30O4/c1-5-6-7-8-9-10-11-12-16-15(2)21(23)17-13-19(25-3)20(26-4)14-18(17)22(16)24/h13-14H,5-12H2,1-4H3. The van der Waals surface area contributed by atoms with Crippen LogP contribution in [0.5, 0.6) is 11.5 Å². The highest BCUT2D eigenvalue weighted by atomic mass is 16.5. The molecule has 0 amide bonds. The predicted octanol–water partition coefficient (Wildman–Crippen LogP) is 5.54. The third-order valence-corrected chi connectivity index (χ3v) is 5.11. The van der Waals surface area contributed by atoms with Crippen LogP contribution >= 0.6 is 0 Å². The van der Waals surface area contributed by atoms with Crippen molar-refractivity contribution in [1.29, 1.82) is 0 Å². The summed E-state index contributed by atoms with van der Waals surface area (Å²) in [6.07, 6.45) is 8.97. The van der Waals surface area contributed by atoms with Gasteiger partial charge in [-0.15, -0.1) is 0 Å². The van der Waals surface area contributed by atoms with Crippen molar-refractivity contribution in [2.75, 3.05) is 14.2 Å². The molecule has 142 valence electrons. The zero-order valence-electron chi connectivity index (χ0n) is 16.4. The highest BCUT2D eigenvalue weighted by Gasteiger charge is 2.31. The van der Waals surface area contributed by atoms with Crippen molar-refractivity contribution >= 4 is 11.6 Å². The molecular formula is C22H30O4. The molecule has 0 unspecified atom stereocenters. The van der Waals surface area contributed by atoms with E-state index in [1.165, 1.54) is 46.3 Å². The molecule has 4 nitrogen and oxygen atoms in total. The maximum atomic E-state index is 12.9. The Balaban J connectivity index is 2.10. The third kappa shape index (κ3) is 4.35. The first kappa shape index (κ1) is 20.2. The van der Waals surface area contributed by atoms with Crippen LogP contribution in [0.1, 0.15) is 85.9 Å². The molecule has 1 aromatic rings. The van der Waals surface area contributed by atoms with Gasteiger partial charge in [-0.25, -0.2) is 0 Å². The van der Waals surface area contributed by atoms with E-state index in [2.05, 4.69) is 6.92 Å². The first-order chi connectivity index (χ1) is 12.5. The van der Waals surface area contributed by atoms with Gasteiger partial charge in [-0.3, -0.25) is 9.59 Å². The van der Waals surface area contributed by atoms with Gasteiger partial charge in [0.25, 0.3) is 0 Å². The summed E-state index contributed by atoms with van der Waals surface area (Å²) < 4.78 is 10.6. The van der Waals surface area contributed by atoms with Gasteiger partial charge < -0.3 is 9.47 Å². The number of methoxy groups -OCH3 is 2. The van der Waals surface area contributed by atoms with Crippen LogP contribution in [-0.4, -0.2) is 25.8 Å². The second-order valence-corrected chi connectivity index (χ2v) is 6.89. The zero-order chi connectivity index (χ0) is 19.1. The SMILES string of the molecule is CCCCCCCCCC1=C(C)C(=O)c2cc(OC)c(OC)cc2C1=O. The molecule has 1 aliphatic carbocycles. The fraction of sp³-hybridized carbons (Fsp3) is 0.545. The van der Waals surface area contributed by atoms with E-state index in [-0.39, 0.29) is 11.6 Å². The van der Waals surface area contributed by atoms with Gasteiger partial charge in [0.1, 0.15) is 0 Å². The largest absolute Gasteiger partial charge is 0.493 e. The van der Waals surface area contributed by atoms with Crippen molar-refractivity contribution in [1.82, 2.24) is 0 Å². The van der Waals surface area contributed by atoms with E-state index in [0.29, 0.717) is 40.2 Å². The lowest BCUT2D eigenvalue weighted by Gasteiger charge is -2.21. The quantitative estimate of drug-likeness (QED) is 0.515. The summed E-state index contributed by atoms with van der Waals surface area (Å²) >= 11 is 0. The molecule has 0 atom stereocenters. The number of allylic oxidation sites excluding steroid dienone is 2. The molecule has 0 bridgehead atoms. The lowest BCUT2D eigenvalue weighted by Crippen LogP contribution is -2.21. The number of rotatable bonds is 10. The molecule has 0 fully saturated rings. The van der Waals surface area contributed by atoms with E-state index >= 15 is 0 Å². The smallest absolute Gasteiger partial charge is 0.190 e. The summed E-state index contributed by atoms with van der Waals surface area (Å²) in [7, 11) is 3.05. The van der Waals surface area contributed by atoms with Crippen LogP contribution in [0, 0.1) is 0 Å². The molecule has 0 spiro atoms. The molecule has 0 aliphatic heterocycles. The maximum absolute atomic E-state index is 12.9. The Morgan fingerprint density at radius 1 is 0.769 bits per heavy atom. The predicted molar refractivity (Wildman–Crippen MR) is 104 cm³/mol. The number of Topliss-reactive ketones (excluding diaryl/α,β-unsaturated/α-hetero) is 2. The van der Waals surface area contributed by atoms with E-state index in [1.807, 2.05) is 0 Å². The van der Waals surface area contributed by atoms with Gasteiger partial charge in [0, 0.05) is 22.3 Å². The lowest BCUT2D eigenvalue weighted by molar-refractivity contribution is 0.0971. The Morgan fingerprint density at radius 3 is 1.81 bits per heavy atom. The molecule has 1 aromatic carbocycles. The van der Waals surface area contributed by atoms with Crippen molar-refractivity contribution in [2.24, 2.45) is 0 Å². The van der Waals surface area contributed by atoms with E-state index < -0.39 is 0 Å². The van der Waals surface area contributed by atoms with Gasteiger partial charge in [0.2, 0.25) is 0 Å². The Kier molecular flexibility index (Phi) is 7.43. The van der Waals surface area contributed by atoms with Gasteiger partial charge in [0.15, 0.2) is 23.1 Å². The first-order valence-corrected chi connectivity index (χ1v) is 9.60. The number of ether oxygens (including phenoxy) is 2. The molecule has 1 aliphatic rings. The van der Waals surface area contributed by atoms with E-state index in [9.17, 15) is 9.59 Å². The molecule has 0 saturated heterocycles. The third-order valence-electron chi connectivity index (χ3n) is 5.11. The average molecular weight is 358 g/mol. The van der Waals surface area contributed by atoms with E-state index in [4.69, 9.17) is 9.47 Å². The second-order valence-electron chi connectivity index (χ2n) is 6.89. The minimum Gasteiger partial charge on any atom is -0.493 e. The number of unbranched alkanes of at least 4 members (excludes halogenated alkanes) is 6. The number of hydrogen-bond acceptors (Lipinski definition) is 4. The Hall–Kier alpha value is -2.10. The average Bonchev–Trinajstić information content (AvgIpc) is 2.66. The number of ketones is 2. The minimum absolute atomic E-state index is 0.0518. The summed E-state index contributed by atoms with van der Waals surface area (Å²) in [4.78, 5) is 25.7. The molecule has 0 heterocycles. The summed E-state index contributed by atoms with van der Waals surface area (Å²) in [5.74, 6) is 0.806. The van der Waals surface area contributed by atoms with Crippen molar-refractivity contribution in [3.63, 3.8) is 0 Å². The summed E-state index contributed by atoms with van der Waals surface area (Å²) in [5.41, 5.74) is 2.06. The fourth-order valence-corrected chi connectivity index (χ4v) is 3.49. The molecule has 0 radical (unpaired) electrons. The highest BCUT2D eigenvalue weighted by Crippen LogP contribution is 2.36. The monoisotopic (exact) mass is 358 g/mol. The van der Waals surface area contributed by atoms with Crippen molar-refractivity contribution < 1.29 is 19.1 Å². The van der Waals surface area contributed by atoms with Gasteiger partial charge >= 0.3 is 0 Å². The molecule has 26 heavy (non-hydrogen) atoms. The summed E-state index contributed by atoms with van der Waals surface area (Å²) in [5, 5.41) is 0. The topological polar surface area (TPSA) is 52.6 Å². The van der Waals surface area contributed by atoms with Crippen molar-refractivity contribution in [3.05, 3.63) is 34.4 Å². The van der Waals surface area contributed by atoms with Crippen molar-refractivity contribution in [3.8, 4) is 11.5 Å². The normalized spacial score (nSPS) is 13.8. The van der Waals surface area contributed by atoms with Gasteiger partial charge in [-0.2, -0.15) is 0 Å². The first-order valence-electron chi connectivity index (χ1n) is 9.60. The van der Waals surface area contributed by atoms with Gasteiger partial charge in [0.05, 0.1) is 14.2 Å². The van der Waals surface area contributed by atoms with Crippen LogP contribution in [0.25, 0.3) is 0 Å². The van der Waals surface area contributed by atoms with Crippen LogP contribution in [0.2, 0.25) is 0 Å². The van der Waals surface area contributed by atoms with Crippen LogP contribution in [0.15, 0.2) is 23.3 Å². The van der Waals surface area contributed by atoms with Crippen LogP contribution in [0.4, 0.5) is 0 Å². The number of benzene rings is 1. The van der Waals surface area contributed by atoms with Gasteiger partial charge in [-0.05, 0) is 31.9 Å². The summed E-state index contributed by atoms with van der Waals surface area (Å²) in [6.45, 7) is 3.97. The Labute approximate surface area is 156 Å². The summed E-state index contributed by atoms with van der Waals surface area (Å²) in [6, 6.07) is 3.24. The van der Waals surface area contributed by atoms with E-state index in [0.717, 1.165) is 12.8 Å². The lowest BCUT2D eigenvalue weighted by atomic mass is 9.82. The van der Waals surface area contributed by atoms with E-state index in [1.54, 1.807) is 19.1 Å². The highest BCUT2D eigenvalue weighted by molar-refractivity contribution is 6.27. The van der Waals surface area contributed by atoms with Crippen LogP contribution < -0.4 is 9.47 Å². The van der Waals surface area contributed by atoms with Crippen LogP contribution in [-0.2, 0) is 0 Å². The molecular weight excluding hydrogens is 328 g/mol. The van der Waals surface area contributed by atoms with Crippen LogP contribution in [0.3, 0.4) is 0 Å². The number of carbonyl (C=O) groups is 2. The zero-order valence-corrected chi connectivity index (χ0v) is 16.4. The minimum atomic E-state index is -0.0847. The second kappa shape index (κ2) is 9.56. The van der Waals surface area contributed by atoms with Gasteiger partial charge in [-0.1, -0.05) is 45.4 Å².